The van der Waals surface area contributed by atoms with Gasteiger partial charge in [0.25, 0.3) is 0 Å². The second-order valence-corrected chi connectivity index (χ2v) is 4.47. The molecule has 2 rings (SSSR count). The van der Waals surface area contributed by atoms with Crippen LogP contribution in [-0.4, -0.2) is 48.2 Å². The average Bonchev–Trinajstić information content (AvgIpc) is 2.85. The van der Waals surface area contributed by atoms with Crippen LogP contribution in [0.3, 0.4) is 0 Å². The third-order valence-electron chi connectivity index (χ3n) is 3.07. The maximum atomic E-state index is 12.0. The fourth-order valence-corrected chi connectivity index (χ4v) is 2.03. The van der Waals surface area contributed by atoms with E-state index in [1.807, 2.05) is 21.9 Å². The molecule has 1 aliphatic rings. The van der Waals surface area contributed by atoms with Crippen LogP contribution >= 0.6 is 0 Å². The van der Waals surface area contributed by atoms with E-state index in [0.29, 0.717) is 32.8 Å². The molecule has 1 fully saturated rings. The quantitative estimate of drug-likeness (QED) is 0.827. The number of amides is 1. The van der Waals surface area contributed by atoms with Gasteiger partial charge in [0.2, 0.25) is 5.91 Å². The van der Waals surface area contributed by atoms with Gasteiger partial charge in [0.1, 0.15) is 6.54 Å². The SMILES string of the molecule is CCNCc1ccn(CC(=O)N2CCOCC2)c1. The van der Waals surface area contributed by atoms with Crippen LogP contribution in [0.5, 0.6) is 0 Å². The summed E-state index contributed by atoms with van der Waals surface area (Å²) in [5.74, 6) is 0.170. The number of hydrogen-bond donors (Lipinski definition) is 1. The van der Waals surface area contributed by atoms with Crippen molar-refractivity contribution in [1.29, 1.82) is 0 Å². The lowest BCUT2D eigenvalue weighted by Crippen LogP contribution is -2.42. The van der Waals surface area contributed by atoms with Crippen LogP contribution in [0.2, 0.25) is 0 Å². The van der Waals surface area contributed by atoms with E-state index in [4.69, 9.17) is 4.74 Å². The molecule has 1 aliphatic heterocycles. The van der Waals surface area contributed by atoms with Crippen LogP contribution < -0.4 is 5.32 Å². The van der Waals surface area contributed by atoms with E-state index in [-0.39, 0.29) is 5.91 Å². The van der Waals surface area contributed by atoms with Gasteiger partial charge < -0.3 is 19.5 Å². The molecule has 0 saturated carbocycles. The molecule has 1 amide bonds. The maximum absolute atomic E-state index is 12.0. The Kier molecular flexibility index (Phi) is 4.78. The van der Waals surface area contributed by atoms with Crippen molar-refractivity contribution < 1.29 is 9.53 Å². The molecule has 1 aromatic heterocycles. The molecule has 100 valence electrons. The van der Waals surface area contributed by atoms with E-state index in [2.05, 4.69) is 18.3 Å². The Bertz CT molecular complexity index is 383. The molecule has 18 heavy (non-hydrogen) atoms. The first kappa shape index (κ1) is 13.1. The first-order valence-electron chi connectivity index (χ1n) is 6.50. The summed E-state index contributed by atoms with van der Waals surface area (Å²) in [6, 6.07) is 2.05. The van der Waals surface area contributed by atoms with Crippen LogP contribution in [-0.2, 0) is 22.6 Å². The number of aromatic nitrogens is 1. The van der Waals surface area contributed by atoms with Crippen molar-refractivity contribution in [3.8, 4) is 0 Å². The van der Waals surface area contributed by atoms with Gasteiger partial charge in [-0.3, -0.25) is 4.79 Å². The molecule has 0 bridgehead atoms. The highest BCUT2D eigenvalue weighted by molar-refractivity contribution is 5.76. The molecule has 0 spiro atoms. The van der Waals surface area contributed by atoms with Crippen LogP contribution in [0.15, 0.2) is 18.5 Å². The van der Waals surface area contributed by atoms with Gasteiger partial charge >= 0.3 is 0 Å². The summed E-state index contributed by atoms with van der Waals surface area (Å²) in [5, 5.41) is 3.27. The zero-order chi connectivity index (χ0) is 12.8. The third kappa shape index (κ3) is 3.58. The lowest BCUT2D eigenvalue weighted by Gasteiger charge is -2.26. The normalized spacial score (nSPS) is 15.9. The molecule has 0 atom stereocenters. The van der Waals surface area contributed by atoms with Crippen molar-refractivity contribution in [2.24, 2.45) is 0 Å². The molecule has 0 aliphatic carbocycles. The van der Waals surface area contributed by atoms with Crippen LogP contribution in [0.1, 0.15) is 12.5 Å². The van der Waals surface area contributed by atoms with Gasteiger partial charge in [-0.05, 0) is 18.2 Å². The molecule has 2 heterocycles. The van der Waals surface area contributed by atoms with Gasteiger partial charge in [0.05, 0.1) is 13.2 Å². The predicted octanol–water partition coefficient (Wildman–Crippen LogP) is 0.456. The van der Waals surface area contributed by atoms with Gasteiger partial charge in [-0.25, -0.2) is 0 Å². The Morgan fingerprint density at radius 1 is 1.44 bits per heavy atom. The number of nitrogens with one attached hydrogen (secondary N) is 1. The van der Waals surface area contributed by atoms with E-state index in [1.54, 1.807) is 0 Å². The summed E-state index contributed by atoms with van der Waals surface area (Å²) in [4.78, 5) is 13.9. The van der Waals surface area contributed by atoms with Crippen LogP contribution in [0, 0.1) is 0 Å². The smallest absolute Gasteiger partial charge is 0.242 e. The third-order valence-corrected chi connectivity index (χ3v) is 3.07. The average molecular weight is 251 g/mol. The number of hydrogen-bond acceptors (Lipinski definition) is 3. The number of morpholine rings is 1. The second kappa shape index (κ2) is 6.56. The summed E-state index contributed by atoms with van der Waals surface area (Å²) >= 11 is 0. The lowest BCUT2D eigenvalue weighted by atomic mass is 10.3. The molecule has 0 aromatic carbocycles. The topological polar surface area (TPSA) is 46.5 Å². The van der Waals surface area contributed by atoms with E-state index in [9.17, 15) is 4.79 Å². The van der Waals surface area contributed by atoms with E-state index in [1.165, 1.54) is 5.56 Å². The van der Waals surface area contributed by atoms with Crippen LogP contribution in [0.4, 0.5) is 0 Å². The lowest BCUT2D eigenvalue weighted by molar-refractivity contribution is -0.135. The van der Waals surface area contributed by atoms with Gasteiger partial charge in [0, 0.05) is 32.0 Å². The fourth-order valence-electron chi connectivity index (χ4n) is 2.03. The van der Waals surface area contributed by atoms with Crippen LogP contribution in [0.25, 0.3) is 0 Å². The van der Waals surface area contributed by atoms with Gasteiger partial charge in [0.15, 0.2) is 0 Å². The molecule has 5 nitrogen and oxygen atoms in total. The largest absolute Gasteiger partial charge is 0.378 e. The first-order valence-corrected chi connectivity index (χ1v) is 6.50. The summed E-state index contributed by atoms with van der Waals surface area (Å²) in [5.41, 5.74) is 1.21. The minimum Gasteiger partial charge on any atom is -0.378 e. The zero-order valence-corrected chi connectivity index (χ0v) is 10.9. The van der Waals surface area contributed by atoms with E-state index >= 15 is 0 Å². The minimum absolute atomic E-state index is 0.170. The molecule has 5 heteroatoms. The number of carbonyl (C=O) groups is 1. The van der Waals surface area contributed by atoms with Crippen molar-refractivity contribution in [3.05, 3.63) is 24.0 Å². The van der Waals surface area contributed by atoms with Gasteiger partial charge in [-0.2, -0.15) is 0 Å². The summed E-state index contributed by atoms with van der Waals surface area (Å²) in [6.45, 7) is 7.05. The predicted molar refractivity (Wildman–Crippen MR) is 69.2 cm³/mol. The molecule has 0 unspecified atom stereocenters. The summed E-state index contributed by atoms with van der Waals surface area (Å²) < 4.78 is 7.19. The molecule has 1 N–H and O–H groups in total. The number of rotatable bonds is 5. The van der Waals surface area contributed by atoms with Gasteiger partial charge in [-0.1, -0.05) is 6.92 Å². The highest BCUT2D eigenvalue weighted by atomic mass is 16.5. The first-order chi connectivity index (χ1) is 8.79. The standard InChI is InChI=1S/C13H21N3O2/c1-2-14-9-12-3-4-15(10-12)11-13(17)16-5-7-18-8-6-16/h3-4,10,14H,2,5-9,11H2,1H3. The minimum atomic E-state index is 0.170. The number of carbonyl (C=O) groups excluding carboxylic acids is 1. The Morgan fingerprint density at radius 3 is 2.94 bits per heavy atom. The number of ether oxygens (including phenoxy) is 1. The zero-order valence-electron chi connectivity index (χ0n) is 10.9. The van der Waals surface area contributed by atoms with Crippen molar-refractivity contribution in [2.45, 2.75) is 20.0 Å². The molecule has 0 radical (unpaired) electrons. The van der Waals surface area contributed by atoms with Crippen molar-refractivity contribution in [2.75, 3.05) is 32.8 Å². The molecule has 1 aromatic rings. The highest BCUT2D eigenvalue weighted by Crippen LogP contribution is 2.04. The fraction of sp³-hybridized carbons (Fsp3) is 0.615. The Hall–Kier alpha value is -1.33. The Balaban J connectivity index is 1.84. The van der Waals surface area contributed by atoms with E-state index < -0.39 is 0 Å². The molecule has 1 saturated heterocycles. The maximum Gasteiger partial charge on any atom is 0.242 e. The molecular weight excluding hydrogens is 230 g/mol. The Morgan fingerprint density at radius 2 is 2.22 bits per heavy atom. The van der Waals surface area contributed by atoms with Crippen molar-refractivity contribution in [3.63, 3.8) is 0 Å². The highest BCUT2D eigenvalue weighted by Gasteiger charge is 2.16. The summed E-state index contributed by atoms with van der Waals surface area (Å²) in [7, 11) is 0. The second-order valence-electron chi connectivity index (χ2n) is 4.47. The van der Waals surface area contributed by atoms with E-state index in [0.717, 1.165) is 13.1 Å². The van der Waals surface area contributed by atoms with Crippen molar-refractivity contribution in [1.82, 2.24) is 14.8 Å². The van der Waals surface area contributed by atoms with Gasteiger partial charge in [-0.15, -0.1) is 0 Å². The molecular formula is C13H21N3O2. The Labute approximate surface area is 108 Å². The summed E-state index contributed by atoms with van der Waals surface area (Å²) in [6.07, 6.45) is 3.99. The monoisotopic (exact) mass is 251 g/mol. The number of nitrogens with zero attached hydrogens (tertiary/aromatic N) is 2. The van der Waals surface area contributed by atoms with Crippen molar-refractivity contribution >= 4 is 5.91 Å².